The van der Waals surface area contributed by atoms with Crippen LogP contribution in [0.1, 0.15) is 54.4 Å². The number of fused-ring (bicyclic) bond motifs is 1. The second-order valence-electron chi connectivity index (χ2n) is 5.35. The molecule has 0 saturated carbocycles. The van der Waals surface area contributed by atoms with Gasteiger partial charge in [-0.2, -0.15) is 5.10 Å². The molecule has 3 rings (SSSR count). The summed E-state index contributed by atoms with van der Waals surface area (Å²) < 4.78 is 0. The fourth-order valence-electron chi connectivity index (χ4n) is 3.03. The molecule has 0 spiro atoms. The highest BCUT2D eigenvalue weighted by Crippen LogP contribution is 2.30. The summed E-state index contributed by atoms with van der Waals surface area (Å²) in [5.74, 6) is 1.20. The van der Waals surface area contributed by atoms with E-state index in [0.717, 1.165) is 38.0 Å². The number of thioether (sulfide) groups is 1. The van der Waals surface area contributed by atoms with Crippen LogP contribution in [0.3, 0.4) is 0 Å². The van der Waals surface area contributed by atoms with Crippen molar-refractivity contribution in [2.75, 3.05) is 12.3 Å². The van der Waals surface area contributed by atoms with Crippen LogP contribution in [-0.4, -0.2) is 38.7 Å². The maximum absolute atomic E-state index is 12.7. The minimum Gasteiger partial charge on any atom is -0.324 e. The van der Waals surface area contributed by atoms with E-state index >= 15 is 0 Å². The maximum atomic E-state index is 12.7. The molecular weight excluding hydrogens is 258 g/mol. The summed E-state index contributed by atoms with van der Waals surface area (Å²) in [6.07, 6.45) is 6.65. The van der Waals surface area contributed by atoms with Crippen molar-refractivity contribution in [3.63, 3.8) is 0 Å². The molecule has 1 atom stereocenters. The van der Waals surface area contributed by atoms with E-state index in [2.05, 4.69) is 17.1 Å². The van der Waals surface area contributed by atoms with Crippen LogP contribution in [0.15, 0.2) is 0 Å². The summed E-state index contributed by atoms with van der Waals surface area (Å²) in [6, 6.07) is 0. The van der Waals surface area contributed by atoms with Crippen LogP contribution in [-0.2, 0) is 12.8 Å². The van der Waals surface area contributed by atoms with Gasteiger partial charge in [-0.05, 0) is 32.1 Å². The zero-order chi connectivity index (χ0) is 13.2. The predicted molar refractivity (Wildman–Crippen MR) is 77.4 cm³/mol. The van der Waals surface area contributed by atoms with Gasteiger partial charge in [-0.25, -0.2) is 0 Å². The number of aryl methyl sites for hydroxylation is 1. The third-order valence-electron chi connectivity index (χ3n) is 4.05. The van der Waals surface area contributed by atoms with Crippen LogP contribution >= 0.6 is 11.8 Å². The van der Waals surface area contributed by atoms with Crippen LogP contribution in [0.2, 0.25) is 0 Å². The Morgan fingerprint density at radius 1 is 1.47 bits per heavy atom. The molecule has 104 valence electrons. The van der Waals surface area contributed by atoms with Gasteiger partial charge in [0.1, 0.15) is 0 Å². The highest BCUT2D eigenvalue weighted by atomic mass is 32.2. The predicted octanol–water partition coefficient (Wildman–Crippen LogP) is 2.60. The van der Waals surface area contributed by atoms with Gasteiger partial charge in [-0.1, -0.05) is 13.3 Å². The fourth-order valence-corrected chi connectivity index (χ4v) is 4.39. The van der Waals surface area contributed by atoms with E-state index in [4.69, 9.17) is 0 Å². The molecule has 2 aliphatic rings. The van der Waals surface area contributed by atoms with Gasteiger partial charge >= 0.3 is 0 Å². The molecule has 5 heteroatoms. The number of nitrogens with zero attached hydrogens (tertiary/aromatic N) is 2. The molecule has 0 radical (unpaired) electrons. The minimum atomic E-state index is 0.142. The van der Waals surface area contributed by atoms with Crippen LogP contribution < -0.4 is 0 Å². The van der Waals surface area contributed by atoms with E-state index in [1.165, 1.54) is 24.1 Å². The van der Waals surface area contributed by atoms with Crippen LogP contribution in [0.5, 0.6) is 0 Å². The standard InChI is InChI=1S/C14H21N3OS/c1-2-5-12-17(8-9-19-12)14(18)13-10-6-3-4-7-11(10)15-16-13/h12H,2-9H2,1H3,(H,15,16). The van der Waals surface area contributed by atoms with Crippen molar-refractivity contribution in [2.45, 2.75) is 50.8 Å². The van der Waals surface area contributed by atoms with Gasteiger partial charge in [-0.3, -0.25) is 9.89 Å². The number of amides is 1. The van der Waals surface area contributed by atoms with Gasteiger partial charge in [0.2, 0.25) is 0 Å². The van der Waals surface area contributed by atoms with Gasteiger partial charge in [0.15, 0.2) is 5.69 Å². The third-order valence-corrected chi connectivity index (χ3v) is 5.34. The number of nitrogens with one attached hydrogen (secondary N) is 1. The van der Waals surface area contributed by atoms with E-state index in [9.17, 15) is 4.79 Å². The SMILES string of the molecule is CCCC1SCCN1C(=O)c1n[nH]c2c1CCCC2. The van der Waals surface area contributed by atoms with Crippen molar-refractivity contribution in [2.24, 2.45) is 0 Å². The van der Waals surface area contributed by atoms with Crippen LogP contribution in [0.4, 0.5) is 0 Å². The van der Waals surface area contributed by atoms with Gasteiger partial charge in [0.25, 0.3) is 5.91 Å². The summed E-state index contributed by atoms with van der Waals surface area (Å²) in [7, 11) is 0. The van der Waals surface area contributed by atoms with Gasteiger partial charge < -0.3 is 4.90 Å². The van der Waals surface area contributed by atoms with E-state index < -0.39 is 0 Å². The Bertz CT molecular complexity index is 471. The Balaban J connectivity index is 1.81. The molecule has 4 nitrogen and oxygen atoms in total. The average Bonchev–Trinajstić information content (AvgIpc) is 3.04. The molecule has 1 unspecified atom stereocenters. The zero-order valence-corrected chi connectivity index (χ0v) is 12.3. The first-order chi connectivity index (χ1) is 9.31. The van der Waals surface area contributed by atoms with E-state index in [1.807, 2.05) is 16.7 Å². The lowest BCUT2D eigenvalue weighted by atomic mass is 9.95. The van der Waals surface area contributed by atoms with Crippen LogP contribution in [0.25, 0.3) is 0 Å². The smallest absolute Gasteiger partial charge is 0.275 e. The first-order valence-electron chi connectivity index (χ1n) is 7.30. The second kappa shape index (κ2) is 5.57. The third kappa shape index (κ3) is 2.40. The zero-order valence-electron chi connectivity index (χ0n) is 11.4. The summed E-state index contributed by atoms with van der Waals surface area (Å²) in [5.41, 5.74) is 3.06. The van der Waals surface area contributed by atoms with Crippen molar-refractivity contribution in [3.05, 3.63) is 17.0 Å². The Morgan fingerprint density at radius 3 is 3.16 bits per heavy atom. The molecule has 1 aliphatic heterocycles. The van der Waals surface area contributed by atoms with Crippen molar-refractivity contribution < 1.29 is 4.79 Å². The number of carbonyl (C=O) groups is 1. The van der Waals surface area contributed by atoms with Gasteiger partial charge in [-0.15, -0.1) is 11.8 Å². The Labute approximate surface area is 118 Å². The number of hydrogen-bond acceptors (Lipinski definition) is 3. The molecule has 19 heavy (non-hydrogen) atoms. The number of rotatable bonds is 3. The average molecular weight is 279 g/mol. The van der Waals surface area contributed by atoms with Crippen molar-refractivity contribution in [3.8, 4) is 0 Å². The highest BCUT2D eigenvalue weighted by molar-refractivity contribution is 8.00. The van der Waals surface area contributed by atoms with Gasteiger partial charge in [0, 0.05) is 23.6 Å². The fraction of sp³-hybridized carbons (Fsp3) is 0.714. The molecule has 0 bridgehead atoms. The molecule has 1 aliphatic carbocycles. The number of carbonyl (C=O) groups excluding carboxylic acids is 1. The molecule has 0 aromatic carbocycles. The first-order valence-corrected chi connectivity index (χ1v) is 8.34. The number of aromatic amines is 1. The summed E-state index contributed by atoms with van der Waals surface area (Å²) in [6.45, 7) is 3.05. The molecule has 1 aromatic heterocycles. The lowest BCUT2D eigenvalue weighted by Gasteiger charge is -2.23. The monoisotopic (exact) mass is 279 g/mol. The number of aromatic nitrogens is 2. The lowest BCUT2D eigenvalue weighted by molar-refractivity contribution is 0.0749. The Morgan fingerprint density at radius 2 is 2.32 bits per heavy atom. The van der Waals surface area contributed by atoms with Crippen molar-refractivity contribution in [1.29, 1.82) is 0 Å². The second-order valence-corrected chi connectivity index (χ2v) is 6.63. The lowest BCUT2D eigenvalue weighted by Crippen LogP contribution is -2.35. The van der Waals surface area contributed by atoms with E-state index in [0.29, 0.717) is 11.1 Å². The largest absolute Gasteiger partial charge is 0.324 e. The molecule has 1 saturated heterocycles. The summed E-state index contributed by atoms with van der Waals surface area (Å²) in [4.78, 5) is 14.7. The summed E-state index contributed by atoms with van der Waals surface area (Å²) >= 11 is 1.91. The summed E-state index contributed by atoms with van der Waals surface area (Å²) in [5, 5.41) is 7.74. The molecule has 1 fully saturated rings. The minimum absolute atomic E-state index is 0.142. The van der Waals surface area contributed by atoms with Gasteiger partial charge in [0.05, 0.1) is 5.37 Å². The molecule has 2 heterocycles. The maximum Gasteiger partial charge on any atom is 0.275 e. The van der Waals surface area contributed by atoms with Crippen LogP contribution in [0, 0.1) is 0 Å². The Hall–Kier alpha value is -0.970. The van der Waals surface area contributed by atoms with Crippen molar-refractivity contribution >= 4 is 17.7 Å². The first kappa shape index (κ1) is 13.0. The van der Waals surface area contributed by atoms with E-state index in [1.54, 1.807) is 0 Å². The molecule has 1 aromatic rings. The van der Waals surface area contributed by atoms with E-state index in [-0.39, 0.29) is 5.91 Å². The van der Waals surface area contributed by atoms with Crippen molar-refractivity contribution in [1.82, 2.24) is 15.1 Å². The Kier molecular flexibility index (Phi) is 3.82. The molecular formula is C14H21N3OS. The molecule has 1 N–H and O–H groups in total. The quantitative estimate of drug-likeness (QED) is 0.925. The number of hydrogen-bond donors (Lipinski definition) is 1. The highest BCUT2D eigenvalue weighted by Gasteiger charge is 2.32. The topological polar surface area (TPSA) is 49.0 Å². The molecule has 1 amide bonds. The normalized spacial score (nSPS) is 22.6. The number of H-pyrrole nitrogens is 1.